The lowest BCUT2D eigenvalue weighted by molar-refractivity contribution is -0.136. The number of fused-ring (bicyclic) bond motifs is 1. The van der Waals surface area contributed by atoms with Crippen LogP contribution in [-0.4, -0.2) is 23.5 Å². The Morgan fingerprint density at radius 2 is 1.82 bits per heavy atom. The quantitative estimate of drug-likeness (QED) is 0.592. The van der Waals surface area contributed by atoms with Crippen molar-refractivity contribution < 1.29 is 14.7 Å². The minimum atomic E-state index is -0.983. The van der Waals surface area contributed by atoms with Crippen LogP contribution in [0.5, 0.6) is 0 Å². The summed E-state index contributed by atoms with van der Waals surface area (Å²) < 4.78 is 0. The third-order valence-corrected chi connectivity index (χ3v) is 4.43. The van der Waals surface area contributed by atoms with E-state index in [9.17, 15) is 14.7 Å². The van der Waals surface area contributed by atoms with E-state index in [-0.39, 0.29) is 17.8 Å². The Labute approximate surface area is 166 Å². The Bertz CT molecular complexity index is 1090. The normalized spacial score (nSPS) is 11.5. The van der Waals surface area contributed by atoms with Crippen LogP contribution in [0.3, 0.4) is 0 Å². The molecule has 3 rings (SSSR count). The van der Waals surface area contributed by atoms with E-state index < -0.39 is 17.9 Å². The Hall–Kier alpha value is -3.40. The maximum atomic E-state index is 12.1. The van der Waals surface area contributed by atoms with E-state index >= 15 is 0 Å². The van der Waals surface area contributed by atoms with Gasteiger partial charge >= 0.3 is 11.8 Å². The number of benzene rings is 3. The van der Waals surface area contributed by atoms with Gasteiger partial charge in [0.25, 0.3) is 0 Å². The molecule has 0 saturated heterocycles. The summed E-state index contributed by atoms with van der Waals surface area (Å²) in [5, 5.41) is 26.4. The molecular formula is C21H16ClN3O3. The number of nitriles is 1. The van der Waals surface area contributed by atoms with Crippen molar-refractivity contribution in [3.05, 3.63) is 76.8 Å². The lowest BCUT2D eigenvalue weighted by atomic mass is 10.0. The van der Waals surface area contributed by atoms with Crippen LogP contribution in [0.1, 0.15) is 17.2 Å². The molecule has 0 aromatic heterocycles. The number of carbonyl (C=O) groups is 2. The Morgan fingerprint density at radius 3 is 2.61 bits per heavy atom. The molecule has 1 atom stereocenters. The van der Waals surface area contributed by atoms with Crippen LogP contribution < -0.4 is 10.6 Å². The summed E-state index contributed by atoms with van der Waals surface area (Å²) in [5.74, 6) is -1.88. The van der Waals surface area contributed by atoms with Crippen molar-refractivity contribution in [2.24, 2.45) is 0 Å². The molecule has 0 bridgehead atoms. The van der Waals surface area contributed by atoms with E-state index in [2.05, 4.69) is 10.6 Å². The fourth-order valence-corrected chi connectivity index (χ4v) is 2.99. The zero-order valence-corrected chi connectivity index (χ0v) is 15.4. The molecule has 0 spiro atoms. The van der Waals surface area contributed by atoms with Gasteiger partial charge in [0, 0.05) is 11.6 Å². The standard InChI is InChI=1S/C21H16ClN3O3/c22-15-9-8-14(11-23)18(10-15)25-21(28)20(27)24-12-19(26)17-7-3-5-13-4-1-2-6-16(13)17/h1-10,19,26H,12H2,(H,24,27)(H,25,28). The number of hydrogen-bond acceptors (Lipinski definition) is 4. The fraction of sp³-hybridized carbons (Fsp3) is 0.0952. The van der Waals surface area contributed by atoms with E-state index in [0.29, 0.717) is 10.6 Å². The summed E-state index contributed by atoms with van der Waals surface area (Å²) in [6.07, 6.45) is -0.983. The first kappa shape index (κ1) is 19.4. The highest BCUT2D eigenvalue weighted by atomic mass is 35.5. The summed E-state index contributed by atoms with van der Waals surface area (Å²) in [6.45, 7) is -0.138. The first-order valence-corrected chi connectivity index (χ1v) is 8.82. The predicted octanol–water partition coefficient (Wildman–Crippen LogP) is 3.15. The average Bonchev–Trinajstić information content (AvgIpc) is 2.71. The SMILES string of the molecule is N#Cc1ccc(Cl)cc1NC(=O)C(=O)NCC(O)c1cccc2ccccc12. The Morgan fingerprint density at radius 1 is 1.07 bits per heavy atom. The van der Waals surface area contributed by atoms with Crippen LogP contribution in [0.4, 0.5) is 5.69 Å². The summed E-state index contributed by atoms with van der Waals surface area (Å²) in [4.78, 5) is 24.2. The number of carbonyl (C=O) groups excluding carboxylic acids is 2. The monoisotopic (exact) mass is 393 g/mol. The van der Waals surface area contributed by atoms with E-state index in [1.54, 1.807) is 6.07 Å². The molecule has 0 aliphatic carbocycles. The van der Waals surface area contributed by atoms with Crippen LogP contribution in [0.15, 0.2) is 60.7 Å². The highest BCUT2D eigenvalue weighted by Crippen LogP contribution is 2.24. The second-order valence-electron chi connectivity index (χ2n) is 6.05. The van der Waals surface area contributed by atoms with E-state index in [4.69, 9.17) is 16.9 Å². The molecule has 3 aromatic carbocycles. The second kappa shape index (κ2) is 8.53. The number of halogens is 1. The number of aliphatic hydroxyl groups excluding tert-OH is 1. The second-order valence-corrected chi connectivity index (χ2v) is 6.49. The van der Waals surface area contributed by atoms with Crippen molar-refractivity contribution in [3.63, 3.8) is 0 Å². The molecule has 1 unspecified atom stereocenters. The molecular weight excluding hydrogens is 378 g/mol. The maximum absolute atomic E-state index is 12.1. The van der Waals surface area contributed by atoms with Gasteiger partial charge in [-0.05, 0) is 34.5 Å². The van der Waals surface area contributed by atoms with Gasteiger partial charge in [-0.25, -0.2) is 0 Å². The summed E-state index contributed by atoms with van der Waals surface area (Å²) in [6, 6.07) is 19.3. The molecule has 140 valence electrons. The third kappa shape index (κ3) is 4.29. The van der Waals surface area contributed by atoms with Gasteiger partial charge in [-0.1, -0.05) is 54.1 Å². The fourth-order valence-electron chi connectivity index (χ4n) is 2.82. The highest BCUT2D eigenvalue weighted by molar-refractivity contribution is 6.40. The largest absolute Gasteiger partial charge is 0.387 e. The van der Waals surface area contributed by atoms with Gasteiger partial charge < -0.3 is 15.7 Å². The summed E-state index contributed by atoms with van der Waals surface area (Å²) in [7, 11) is 0. The molecule has 7 heteroatoms. The molecule has 0 radical (unpaired) electrons. The molecule has 3 aromatic rings. The topological polar surface area (TPSA) is 102 Å². The predicted molar refractivity (Wildman–Crippen MR) is 107 cm³/mol. The van der Waals surface area contributed by atoms with Gasteiger partial charge in [-0.3, -0.25) is 9.59 Å². The summed E-state index contributed by atoms with van der Waals surface area (Å²) in [5.41, 5.74) is 0.978. The third-order valence-electron chi connectivity index (χ3n) is 4.19. The lowest BCUT2D eigenvalue weighted by Gasteiger charge is -2.15. The van der Waals surface area contributed by atoms with Gasteiger partial charge in [0.05, 0.1) is 17.4 Å². The minimum Gasteiger partial charge on any atom is -0.387 e. The number of amides is 2. The molecule has 28 heavy (non-hydrogen) atoms. The van der Waals surface area contributed by atoms with Crippen molar-refractivity contribution in [1.82, 2.24) is 5.32 Å². The average molecular weight is 394 g/mol. The highest BCUT2D eigenvalue weighted by Gasteiger charge is 2.18. The molecule has 6 nitrogen and oxygen atoms in total. The number of nitrogens with one attached hydrogen (secondary N) is 2. The molecule has 0 aliphatic rings. The number of rotatable bonds is 4. The molecule has 0 aliphatic heterocycles. The molecule has 3 N–H and O–H groups in total. The minimum absolute atomic E-state index is 0.138. The zero-order valence-electron chi connectivity index (χ0n) is 14.6. The van der Waals surface area contributed by atoms with Crippen molar-refractivity contribution in [3.8, 4) is 6.07 Å². The van der Waals surface area contributed by atoms with E-state index in [1.807, 2.05) is 42.5 Å². The smallest absolute Gasteiger partial charge is 0.313 e. The summed E-state index contributed by atoms with van der Waals surface area (Å²) >= 11 is 5.86. The van der Waals surface area contributed by atoms with Gasteiger partial charge in [0.1, 0.15) is 6.07 Å². The van der Waals surface area contributed by atoms with Crippen LogP contribution in [-0.2, 0) is 9.59 Å². The molecule has 0 saturated carbocycles. The van der Waals surface area contributed by atoms with Crippen LogP contribution >= 0.6 is 11.6 Å². The maximum Gasteiger partial charge on any atom is 0.313 e. The van der Waals surface area contributed by atoms with Crippen LogP contribution in [0, 0.1) is 11.3 Å². The van der Waals surface area contributed by atoms with Gasteiger partial charge in [-0.15, -0.1) is 0 Å². The molecule has 0 heterocycles. The van der Waals surface area contributed by atoms with Gasteiger partial charge in [0.2, 0.25) is 0 Å². The number of nitrogens with zero attached hydrogens (tertiary/aromatic N) is 1. The molecule has 2 amide bonds. The van der Waals surface area contributed by atoms with E-state index in [0.717, 1.165) is 10.8 Å². The number of aliphatic hydroxyl groups is 1. The van der Waals surface area contributed by atoms with Crippen molar-refractivity contribution in [2.45, 2.75) is 6.10 Å². The zero-order chi connectivity index (χ0) is 20.1. The number of hydrogen-bond donors (Lipinski definition) is 3. The van der Waals surface area contributed by atoms with Crippen LogP contribution in [0.25, 0.3) is 10.8 Å². The van der Waals surface area contributed by atoms with Gasteiger partial charge in [0.15, 0.2) is 0 Å². The first-order chi connectivity index (χ1) is 13.5. The Balaban J connectivity index is 1.66. The van der Waals surface area contributed by atoms with Crippen LogP contribution in [0.2, 0.25) is 5.02 Å². The molecule has 0 fully saturated rings. The van der Waals surface area contributed by atoms with Crippen molar-refractivity contribution in [2.75, 3.05) is 11.9 Å². The number of anilines is 1. The van der Waals surface area contributed by atoms with E-state index in [1.165, 1.54) is 18.2 Å². The van der Waals surface area contributed by atoms with Gasteiger partial charge in [-0.2, -0.15) is 5.26 Å². The van der Waals surface area contributed by atoms with Crippen molar-refractivity contribution >= 4 is 39.9 Å². The van der Waals surface area contributed by atoms with Crippen molar-refractivity contribution in [1.29, 1.82) is 5.26 Å². The first-order valence-electron chi connectivity index (χ1n) is 8.44. The Kier molecular flexibility index (Phi) is 5.90. The lowest BCUT2D eigenvalue weighted by Crippen LogP contribution is -2.37.